The van der Waals surface area contributed by atoms with Gasteiger partial charge in [-0.1, -0.05) is 6.07 Å². The number of hydrogen-bond acceptors (Lipinski definition) is 6. The standard InChI is InChI=1S/C18H23FN2O6/c19-12-3-1-2-11(8-12)18(25)20-10-14-17(24)16(23)13(27-14)9-15(22)21-4-6-26-7-5-21/h1-3,8,13-14,16-17,23-24H,4-7,9-10H2,(H,20,25). The molecule has 2 fully saturated rings. The van der Waals surface area contributed by atoms with E-state index >= 15 is 0 Å². The molecule has 3 rings (SSSR count). The molecule has 0 spiro atoms. The van der Waals surface area contributed by atoms with Crippen LogP contribution in [0.25, 0.3) is 0 Å². The highest BCUT2D eigenvalue weighted by Crippen LogP contribution is 2.24. The third kappa shape index (κ3) is 4.81. The quantitative estimate of drug-likeness (QED) is 0.621. The first-order valence-corrected chi connectivity index (χ1v) is 8.86. The van der Waals surface area contributed by atoms with E-state index in [1.807, 2.05) is 0 Å². The minimum atomic E-state index is -1.24. The Labute approximate surface area is 155 Å². The van der Waals surface area contributed by atoms with E-state index in [2.05, 4.69) is 5.32 Å². The summed E-state index contributed by atoms with van der Waals surface area (Å²) in [5.41, 5.74) is 0.141. The van der Waals surface area contributed by atoms with E-state index in [1.165, 1.54) is 18.2 Å². The van der Waals surface area contributed by atoms with Crippen molar-refractivity contribution in [2.24, 2.45) is 0 Å². The minimum absolute atomic E-state index is 0.0629. The summed E-state index contributed by atoms with van der Waals surface area (Å²) in [6, 6.07) is 5.21. The highest BCUT2D eigenvalue weighted by atomic mass is 19.1. The Morgan fingerprint density at radius 1 is 1.19 bits per heavy atom. The monoisotopic (exact) mass is 382 g/mol. The maximum absolute atomic E-state index is 13.2. The van der Waals surface area contributed by atoms with Crippen LogP contribution in [0.2, 0.25) is 0 Å². The van der Waals surface area contributed by atoms with Gasteiger partial charge in [0.25, 0.3) is 5.91 Å². The summed E-state index contributed by atoms with van der Waals surface area (Å²) in [6.45, 7) is 1.83. The van der Waals surface area contributed by atoms with Crippen molar-refractivity contribution in [3.8, 4) is 0 Å². The first kappa shape index (κ1) is 19.7. The minimum Gasteiger partial charge on any atom is -0.388 e. The normalized spacial score (nSPS) is 28.2. The topological polar surface area (TPSA) is 108 Å². The van der Waals surface area contributed by atoms with Gasteiger partial charge in [-0.05, 0) is 18.2 Å². The van der Waals surface area contributed by atoms with Crippen molar-refractivity contribution in [1.29, 1.82) is 0 Å². The summed E-state index contributed by atoms with van der Waals surface area (Å²) in [7, 11) is 0. The van der Waals surface area contributed by atoms with Gasteiger partial charge in [-0.25, -0.2) is 4.39 Å². The van der Waals surface area contributed by atoms with E-state index in [0.29, 0.717) is 26.3 Å². The number of carbonyl (C=O) groups is 2. The van der Waals surface area contributed by atoms with E-state index in [0.717, 1.165) is 6.07 Å². The molecule has 0 aromatic heterocycles. The Balaban J connectivity index is 1.51. The second-order valence-corrected chi connectivity index (χ2v) is 6.61. The molecule has 27 heavy (non-hydrogen) atoms. The van der Waals surface area contributed by atoms with Crippen molar-refractivity contribution in [1.82, 2.24) is 10.2 Å². The Hall–Kier alpha value is -2.07. The summed E-state index contributed by atoms with van der Waals surface area (Å²) in [6.07, 6.45) is -4.25. The summed E-state index contributed by atoms with van der Waals surface area (Å²) >= 11 is 0. The Kier molecular flexibility index (Phi) is 6.38. The van der Waals surface area contributed by atoms with Crippen molar-refractivity contribution in [2.45, 2.75) is 30.8 Å². The Morgan fingerprint density at radius 3 is 2.59 bits per heavy atom. The second-order valence-electron chi connectivity index (χ2n) is 6.61. The van der Waals surface area contributed by atoms with E-state index in [1.54, 1.807) is 4.90 Å². The van der Waals surface area contributed by atoms with E-state index in [-0.39, 0.29) is 24.4 Å². The average molecular weight is 382 g/mol. The number of benzene rings is 1. The number of aliphatic hydroxyl groups excluding tert-OH is 2. The molecule has 4 unspecified atom stereocenters. The third-order valence-corrected chi connectivity index (χ3v) is 4.75. The Morgan fingerprint density at radius 2 is 1.89 bits per heavy atom. The largest absolute Gasteiger partial charge is 0.388 e. The average Bonchev–Trinajstić information content (AvgIpc) is 2.94. The van der Waals surface area contributed by atoms with Gasteiger partial charge in [0.15, 0.2) is 0 Å². The molecule has 0 aliphatic carbocycles. The molecular formula is C18H23FN2O6. The van der Waals surface area contributed by atoms with Gasteiger partial charge >= 0.3 is 0 Å². The van der Waals surface area contributed by atoms with Crippen LogP contribution in [0.1, 0.15) is 16.8 Å². The van der Waals surface area contributed by atoms with Gasteiger partial charge in [0, 0.05) is 25.2 Å². The lowest BCUT2D eigenvalue weighted by molar-refractivity contribution is -0.139. The van der Waals surface area contributed by atoms with Crippen molar-refractivity contribution < 1.29 is 33.7 Å². The smallest absolute Gasteiger partial charge is 0.251 e. The first-order chi connectivity index (χ1) is 13.0. The lowest BCUT2D eigenvalue weighted by Gasteiger charge is -2.28. The highest BCUT2D eigenvalue weighted by Gasteiger charge is 2.43. The summed E-state index contributed by atoms with van der Waals surface area (Å²) in [4.78, 5) is 26.0. The molecule has 0 saturated carbocycles. The maximum Gasteiger partial charge on any atom is 0.251 e. The molecule has 1 aromatic carbocycles. The van der Waals surface area contributed by atoms with Crippen molar-refractivity contribution in [3.05, 3.63) is 35.6 Å². The van der Waals surface area contributed by atoms with Gasteiger partial charge < -0.3 is 29.9 Å². The molecule has 2 amide bonds. The predicted octanol–water partition coefficient (Wildman–Crippen LogP) is -0.706. The van der Waals surface area contributed by atoms with Gasteiger partial charge in [-0.3, -0.25) is 9.59 Å². The van der Waals surface area contributed by atoms with Gasteiger partial charge in [-0.2, -0.15) is 0 Å². The fourth-order valence-corrected chi connectivity index (χ4v) is 3.20. The van der Waals surface area contributed by atoms with Gasteiger partial charge in [-0.15, -0.1) is 0 Å². The van der Waals surface area contributed by atoms with Crippen LogP contribution in [-0.2, 0) is 14.3 Å². The second kappa shape index (κ2) is 8.75. The number of ether oxygens (including phenoxy) is 2. The number of halogens is 1. The number of hydrogen-bond donors (Lipinski definition) is 3. The molecule has 148 valence electrons. The molecular weight excluding hydrogens is 359 g/mol. The van der Waals surface area contributed by atoms with Crippen LogP contribution in [0.3, 0.4) is 0 Å². The van der Waals surface area contributed by atoms with Crippen LogP contribution in [0.5, 0.6) is 0 Å². The number of nitrogens with zero attached hydrogens (tertiary/aromatic N) is 1. The van der Waals surface area contributed by atoms with Crippen LogP contribution >= 0.6 is 0 Å². The number of amides is 2. The number of nitrogens with one attached hydrogen (secondary N) is 1. The lowest BCUT2D eigenvalue weighted by atomic mass is 10.0. The molecule has 9 heteroatoms. The van der Waals surface area contributed by atoms with Gasteiger partial charge in [0.2, 0.25) is 5.91 Å². The molecule has 2 aliphatic heterocycles. The molecule has 1 aromatic rings. The van der Waals surface area contributed by atoms with Crippen LogP contribution in [-0.4, -0.2) is 84.2 Å². The van der Waals surface area contributed by atoms with Crippen LogP contribution in [0.15, 0.2) is 24.3 Å². The van der Waals surface area contributed by atoms with Gasteiger partial charge in [0.05, 0.1) is 25.7 Å². The highest BCUT2D eigenvalue weighted by molar-refractivity contribution is 5.94. The molecule has 8 nitrogen and oxygen atoms in total. The number of carbonyl (C=O) groups excluding carboxylic acids is 2. The van der Waals surface area contributed by atoms with Crippen LogP contribution in [0, 0.1) is 5.82 Å². The van der Waals surface area contributed by atoms with Crippen LogP contribution in [0.4, 0.5) is 4.39 Å². The fraction of sp³-hybridized carbons (Fsp3) is 0.556. The Bertz CT molecular complexity index is 682. The predicted molar refractivity (Wildman–Crippen MR) is 91.4 cm³/mol. The van der Waals surface area contributed by atoms with E-state index in [9.17, 15) is 24.2 Å². The first-order valence-electron chi connectivity index (χ1n) is 8.86. The zero-order valence-electron chi connectivity index (χ0n) is 14.7. The molecule has 0 radical (unpaired) electrons. The molecule has 2 heterocycles. The summed E-state index contributed by atoms with van der Waals surface area (Å²) in [5, 5.41) is 22.9. The molecule has 2 saturated heterocycles. The summed E-state index contributed by atoms with van der Waals surface area (Å²) < 4.78 is 24.0. The number of rotatable bonds is 5. The van der Waals surface area contributed by atoms with E-state index < -0.39 is 36.1 Å². The number of morpholine rings is 1. The molecule has 4 atom stereocenters. The van der Waals surface area contributed by atoms with Crippen molar-refractivity contribution in [3.63, 3.8) is 0 Å². The molecule has 2 aliphatic rings. The zero-order valence-corrected chi connectivity index (χ0v) is 14.7. The van der Waals surface area contributed by atoms with Crippen molar-refractivity contribution >= 4 is 11.8 Å². The fourth-order valence-electron chi connectivity index (χ4n) is 3.20. The third-order valence-electron chi connectivity index (χ3n) is 4.75. The summed E-state index contributed by atoms with van der Waals surface area (Å²) in [5.74, 6) is -1.23. The van der Waals surface area contributed by atoms with Crippen molar-refractivity contribution in [2.75, 3.05) is 32.8 Å². The zero-order chi connectivity index (χ0) is 19.4. The molecule has 0 bridgehead atoms. The van der Waals surface area contributed by atoms with E-state index in [4.69, 9.17) is 9.47 Å². The lowest BCUT2D eigenvalue weighted by Crippen LogP contribution is -2.43. The maximum atomic E-state index is 13.2. The molecule has 3 N–H and O–H groups in total. The van der Waals surface area contributed by atoms with Crippen LogP contribution < -0.4 is 5.32 Å². The van der Waals surface area contributed by atoms with Gasteiger partial charge in [0.1, 0.15) is 24.1 Å². The number of aliphatic hydroxyl groups is 2. The SMILES string of the molecule is O=C(NCC1OC(CC(=O)N2CCOCC2)C(O)C1O)c1cccc(F)c1.